The van der Waals surface area contributed by atoms with E-state index in [0.717, 1.165) is 16.8 Å². The number of halogens is 1. The van der Waals surface area contributed by atoms with Gasteiger partial charge in [0.2, 0.25) is 0 Å². The summed E-state index contributed by atoms with van der Waals surface area (Å²) in [5.41, 5.74) is 2.23. The second kappa shape index (κ2) is 4.96. The molecule has 0 saturated heterocycles. The van der Waals surface area contributed by atoms with Crippen molar-refractivity contribution in [3.63, 3.8) is 0 Å². The number of rotatable bonds is 2. The van der Waals surface area contributed by atoms with Crippen molar-refractivity contribution >= 4 is 6.21 Å². The van der Waals surface area contributed by atoms with Crippen LogP contribution in [0.5, 0.6) is 0 Å². The maximum Gasteiger partial charge on any atom is 0.271 e. The Hall–Kier alpha value is -2.23. The number of hydrogen-bond donors (Lipinski definition) is 0. The number of pyridine rings is 1. The van der Waals surface area contributed by atoms with Crippen molar-refractivity contribution in [3.05, 3.63) is 69.4 Å². The predicted octanol–water partition coefficient (Wildman–Crippen LogP) is 2.49. The van der Waals surface area contributed by atoms with Crippen molar-refractivity contribution in [2.45, 2.75) is 13.8 Å². The van der Waals surface area contributed by atoms with E-state index < -0.39 is 0 Å². The van der Waals surface area contributed by atoms with Crippen molar-refractivity contribution in [2.75, 3.05) is 0 Å². The molecule has 2 aromatic rings. The number of nitrogens with zero attached hydrogens (tertiary/aromatic N) is 2. The van der Waals surface area contributed by atoms with Gasteiger partial charge in [0.05, 0.1) is 6.21 Å². The SMILES string of the molecule is Cc1cc(C)n(N=Cc2ccc(F)cc2)c(=O)c1. The topological polar surface area (TPSA) is 34.4 Å². The lowest BCUT2D eigenvalue weighted by Gasteiger charge is -2.03. The second-order valence-corrected chi connectivity index (χ2v) is 4.12. The quantitative estimate of drug-likeness (QED) is 0.747. The van der Waals surface area contributed by atoms with Crippen molar-refractivity contribution in [3.8, 4) is 0 Å². The van der Waals surface area contributed by atoms with Crippen LogP contribution in [0.1, 0.15) is 16.8 Å². The first-order valence-electron chi connectivity index (χ1n) is 5.56. The van der Waals surface area contributed by atoms with Crippen LogP contribution >= 0.6 is 0 Å². The monoisotopic (exact) mass is 244 g/mol. The molecular formula is C14H13FN2O. The van der Waals surface area contributed by atoms with Gasteiger partial charge in [-0.25, -0.2) is 9.07 Å². The van der Waals surface area contributed by atoms with Crippen LogP contribution in [-0.2, 0) is 0 Å². The summed E-state index contributed by atoms with van der Waals surface area (Å²) in [6.07, 6.45) is 1.53. The zero-order chi connectivity index (χ0) is 13.1. The molecule has 1 aromatic heterocycles. The molecule has 0 aliphatic rings. The maximum atomic E-state index is 12.7. The third-order valence-electron chi connectivity index (χ3n) is 2.52. The molecule has 0 amide bonds. The van der Waals surface area contributed by atoms with Crippen molar-refractivity contribution < 1.29 is 4.39 Å². The van der Waals surface area contributed by atoms with E-state index in [0.29, 0.717) is 0 Å². The lowest BCUT2D eigenvalue weighted by molar-refractivity contribution is 0.628. The fourth-order valence-electron chi connectivity index (χ4n) is 1.68. The first-order chi connectivity index (χ1) is 8.56. The number of aromatic nitrogens is 1. The van der Waals surface area contributed by atoms with Crippen LogP contribution in [-0.4, -0.2) is 10.9 Å². The predicted molar refractivity (Wildman–Crippen MR) is 69.6 cm³/mol. The van der Waals surface area contributed by atoms with Crippen LogP contribution in [0.3, 0.4) is 0 Å². The molecule has 0 saturated carbocycles. The normalized spacial score (nSPS) is 11.1. The van der Waals surface area contributed by atoms with Gasteiger partial charge in [-0.15, -0.1) is 0 Å². The zero-order valence-corrected chi connectivity index (χ0v) is 10.2. The van der Waals surface area contributed by atoms with E-state index in [-0.39, 0.29) is 11.4 Å². The Morgan fingerprint density at radius 2 is 1.83 bits per heavy atom. The molecule has 0 spiro atoms. The van der Waals surface area contributed by atoms with Gasteiger partial charge in [-0.3, -0.25) is 4.79 Å². The van der Waals surface area contributed by atoms with Crippen molar-refractivity contribution in [2.24, 2.45) is 5.10 Å². The van der Waals surface area contributed by atoms with E-state index >= 15 is 0 Å². The molecule has 0 aliphatic heterocycles. The van der Waals surface area contributed by atoms with Crippen LogP contribution < -0.4 is 5.56 Å². The average molecular weight is 244 g/mol. The van der Waals surface area contributed by atoms with E-state index in [1.54, 1.807) is 12.1 Å². The maximum absolute atomic E-state index is 12.7. The molecule has 1 aromatic carbocycles. The fraction of sp³-hybridized carbons (Fsp3) is 0.143. The molecule has 0 aliphatic carbocycles. The Morgan fingerprint density at radius 1 is 1.17 bits per heavy atom. The van der Waals surface area contributed by atoms with Crippen LogP contribution in [0.4, 0.5) is 4.39 Å². The molecule has 18 heavy (non-hydrogen) atoms. The summed E-state index contributed by atoms with van der Waals surface area (Å²) in [7, 11) is 0. The highest BCUT2D eigenvalue weighted by Gasteiger charge is 1.99. The molecule has 0 N–H and O–H groups in total. The van der Waals surface area contributed by atoms with Crippen LogP contribution in [0.2, 0.25) is 0 Å². The van der Waals surface area contributed by atoms with Crippen LogP contribution in [0, 0.1) is 19.7 Å². The lowest BCUT2D eigenvalue weighted by Crippen LogP contribution is -2.18. The standard InChI is InChI=1S/C14H13FN2O/c1-10-7-11(2)17(14(18)8-10)16-9-12-3-5-13(15)6-4-12/h3-9H,1-2H3. The Bertz CT molecular complexity index is 642. The molecule has 4 heteroatoms. The summed E-state index contributed by atoms with van der Waals surface area (Å²) in [5, 5.41) is 4.10. The summed E-state index contributed by atoms with van der Waals surface area (Å²) in [5.74, 6) is -0.296. The largest absolute Gasteiger partial charge is 0.271 e. The number of hydrogen-bond acceptors (Lipinski definition) is 2. The van der Waals surface area contributed by atoms with Gasteiger partial charge in [-0.2, -0.15) is 5.10 Å². The molecule has 92 valence electrons. The summed E-state index contributed by atoms with van der Waals surface area (Å²) < 4.78 is 14.0. The zero-order valence-electron chi connectivity index (χ0n) is 10.2. The van der Waals surface area contributed by atoms with Gasteiger partial charge in [0.15, 0.2) is 0 Å². The first-order valence-corrected chi connectivity index (χ1v) is 5.56. The van der Waals surface area contributed by atoms with Gasteiger partial charge in [0.25, 0.3) is 5.56 Å². The molecule has 0 unspecified atom stereocenters. The van der Waals surface area contributed by atoms with E-state index in [1.807, 2.05) is 19.9 Å². The molecular weight excluding hydrogens is 231 g/mol. The van der Waals surface area contributed by atoms with E-state index in [9.17, 15) is 9.18 Å². The van der Waals surface area contributed by atoms with E-state index in [2.05, 4.69) is 5.10 Å². The number of benzene rings is 1. The highest BCUT2D eigenvalue weighted by Crippen LogP contribution is 2.02. The fourth-order valence-corrected chi connectivity index (χ4v) is 1.68. The minimum atomic E-state index is -0.296. The Kier molecular flexibility index (Phi) is 3.37. The Morgan fingerprint density at radius 3 is 2.44 bits per heavy atom. The van der Waals surface area contributed by atoms with Crippen LogP contribution in [0.25, 0.3) is 0 Å². The highest BCUT2D eigenvalue weighted by molar-refractivity contribution is 5.79. The first kappa shape index (κ1) is 12.2. The third kappa shape index (κ3) is 2.71. The van der Waals surface area contributed by atoms with Gasteiger partial charge in [-0.1, -0.05) is 12.1 Å². The van der Waals surface area contributed by atoms with Gasteiger partial charge >= 0.3 is 0 Å². The smallest absolute Gasteiger partial charge is 0.267 e. The summed E-state index contributed by atoms with van der Waals surface area (Å²) in [6.45, 7) is 3.68. The molecule has 0 radical (unpaired) electrons. The minimum Gasteiger partial charge on any atom is -0.267 e. The highest BCUT2D eigenvalue weighted by atomic mass is 19.1. The van der Waals surface area contributed by atoms with Gasteiger partial charge in [-0.05, 0) is 43.2 Å². The molecule has 2 rings (SSSR count). The van der Waals surface area contributed by atoms with Crippen molar-refractivity contribution in [1.82, 2.24) is 4.68 Å². The molecule has 1 heterocycles. The third-order valence-corrected chi connectivity index (χ3v) is 2.52. The Balaban J connectivity index is 2.35. The van der Waals surface area contributed by atoms with Crippen molar-refractivity contribution in [1.29, 1.82) is 0 Å². The van der Waals surface area contributed by atoms with Gasteiger partial charge in [0, 0.05) is 11.8 Å². The summed E-state index contributed by atoms with van der Waals surface area (Å²) in [4.78, 5) is 11.7. The average Bonchev–Trinajstić information content (AvgIpc) is 2.30. The molecule has 0 fully saturated rings. The van der Waals surface area contributed by atoms with Crippen LogP contribution in [0.15, 0.2) is 46.3 Å². The summed E-state index contributed by atoms with van der Waals surface area (Å²) >= 11 is 0. The minimum absolute atomic E-state index is 0.175. The van der Waals surface area contributed by atoms with Gasteiger partial charge < -0.3 is 0 Å². The van der Waals surface area contributed by atoms with E-state index in [1.165, 1.54) is 29.1 Å². The van der Waals surface area contributed by atoms with E-state index in [4.69, 9.17) is 0 Å². The number of aryl methyl sites for hydroxylation is 2. The molecule has 0 bridgehead atoms. The lowest BCUT2D eigenvalue weighted by atomic mass is 10.2. The Labute approximate surface area is 104 Å². The summed E-state index contributed by atoms with van der Waals surface area (Å²) in [6, 6.07) is 9.32. The van der Waals surface area contributed by atoms with Gasteiger partial charge in [0.1, 0.15) is 5.82 Å². The second-order valence-electron chi connectivity index (χ2n) is 4.12. The molecule has 0 atom stereocenters. The molecule has 3 nitrogen and oxygen atoms in total.